The molecule has 75 valence electrons. The molecule has 0 amide bonds. The summed E-state index contributed by atoms with van der Waals surface area (Å²) in [4.78, 5) is 0. The topological polar surface area (TPSA) is 9.23 Å². The van der Waals surface area contributed by atoms with Crippen LogP contribution < -0.4 is 0 Å². The van der Waals surface area contributed by atoms with Gasteiger partial charge in [0.15, 0.2) is 0 Å². The average Bonchev–Trinajstić information content (AvgIpc) is 2.66. The molecule has 1 saturated heterocycles. The summed E-state index contributed by atoms with van der Waals surface area (Å²) >= 11 is 14.2. The normalized spacial score (nSPS) is 17.6. The van der Waals surface area contributed by atoms with Gasteiger partial charge in [-0.15, -0.1) is 0 Å². The summed E-state index contributed by atoms with van der Waals surface area (Å²) in [6.07, 6.45) is 3.06. The fraction of sp³-hybridized carbons (Fsp3) is 0.300. The Morgan fingerprint density at radius 2 is 1.86 bits per heavy atom. The molecule has 1 aliphatic rings. The van der Waals surface area contributed by atoms with E-state index >= 15 is 0 Å². The smallest absolute Gasteiger partial charge is 0.126 e. The zero-order chi connectivity index (χ0) is 10.1. The molecule has 0 atom stereocenters. The van der Waals surface area contributed by atoms with Crippen molar-refractivity contribution in [3.8, 4) is 0 Å². The van der Waals surface area contributed by atoms with E-state index in [0.29, 0.717) is 10.0 Å². The SMILES string of the molecule is Clc1cc([C]2CCCO2)cc(Cl)c1I. The Labute approximate surface area is 107 Å². The van der Waals surface area contributed by atoms with Gasteiger partial charge in [0.05, 0.1) is 13.6 Å². The zero-order valence-corrected chi connectivity index (χ0v) is 11.0. The van der Waals surface area contributed by atoms with Crippen LogP contribution in [0.3, 0.4) is 0 Å². The second kappa shape index (κ2) is 4.56. The first-order valence-electron chi connectivity index (χ1n) is 4.32. The minimum atomic E-state index is 0.691. The molecule has 0 saturated carbocycles. The summed E-state index contributed by atoms with van der Waals surface area (Å²) in [6.45, 7) is 0.802. The van der Waals surface area contributed by atoms with Gasteiger partial charge >= 0.3 is 0 Å². The van der Waals surface area contributed by atoms with Gasteiger partial charge in [0.1, 0.15) is 6.10 Å². The van der Waals surface area contributed by atoms with Crippen LogP contribution in [0.25, 0.3) is 0 Å². The monoisotopic (exact) mass is 341 g/mol. The third-order valence-electron chi connectivity index (χ3n) is 2.13. The lowest BCUT2D eigenvalue weighted by Crippen LogP contribution is -1.97. The minimum absolute atomic E-state index is 0.691. The Hall–Kier alpha value is 0.490. The van der Waals surface area contributed by atoms with Gasteiger partial charge in [-0.25, -0.2) is 0 Å². The Morgan fingerprint density at radius 3 is 2.36 bits per heavy atom. The van der Waals surface area contributed by atoms with E-state index in [-0.39, 0.29) is 0 Å². The van der Waals surface area contributed by atoms with Gasteiger partial charge in [0.2, 0.25) is 0 Å². The van der Waals surface area contributed by atoms with E-state index in [1.807, 2.05) is 12.1 Å². The molecule has 1 nitrogen and oxygen atoms in total. The molecule has 14 heavy (non-hydrogen) atoms. The molecule has 0 N–H and O–H groups in total. The molecule has 1 aliphatic heterocycles. The van der Waals surface area contributed by atoms with Gasteiger partial charge in [-0.05, 0) is 53.1 Å². The standard InChI is InChI=1S/C10H8Cl2IO/c11-7-4-6(5-8(12)10(7)13)9-2-1-3-14-9/h4-5H,1-3H2. The van der Waals surface area contributed by atoms with Gasteiger partial charge in [-0.3, -0.25) is 0 Å². The molecule has 0 unspecified atom stereocenters. The third-order valence-corrected chi connectivity index (χ3v) is 4.53. The van der Waals surface area contributed by atoms with Crippen LogP contribution in [0.5, 0.6) is 0 Å². The van der Waals surface area contributed by atoms with Gasteiger partial charge in [0.25, 0.3) is 0 Å². The van der Waals surface area contributed by atoms with Crippen molar-refractivity contribution >= 4 is 45.8 Å². The molecule has 1 aromatic carbocycles. The second-order valence-electron chi connectivity index (χ2n) is 3.13. The molecule has 2 rings (SSSR count). The van der Waals surface area contributed by atoms with Crippen LogP contribution >= 0.6 is 45.8 Å². The van der Waals surface area contributed by atoms with Crippen molar-refractivity contribution < 1.29 is 4.74 Å². The zero-order valence-electron chi connectivity index (χ0n) is 7.32. The maximum Gasteiger partial charge on any atom is 0.126 e. The van der Waals surface area contributed by atoms with E-state index in [4.69, 9.17) is 27.9 Å². The van der Waals surface area contributed by atoms with Crippen LogP contribution in [0.15, 0.2) is 12.1 Å². The van der Waals surface area contributed by atoms with Gasteiger partial charge in [0, 0.05) is 6.61 Å². The van der Waals surface area contributed by atoms with E-state index < -0.39 is 0 Å². The van der Waals surface area contributed by atoms with Crippen molar-refractivity contribution in [3.05, 3.63) is 37.4 Å². The number of rotatable bonds is 1. The highest BCUT2D eigenvalue weighted by Gasteiger charge is 2.20. The number of halogens is 3. The molecule has 0 spiro atoms. The summed E-state index contributed by atoms with van der Waals surface area (Å²) in [6, 6.07) is 3.83. The Bertz CT molecular complexity index is 325. The Balaban J connectivity index is 2.34. The minimum Gasteiger partial charge on any atom is -0.367 e. The van der Waals surface area contributed by atoms with Crippen LogP contribution in [-0.4, -0.2) is 6.61 Å². The van der Waals surface area contributed by atoms with E-state index in [2.05, 4.69) is 22.6 Å². The quantitative estimate of drug-likeness (QED) is 0.547. The lowest BCUT2D eigenvalue weighted by molar-refractivity contribution is 0.216. The first kappa shape index (κ1) is 11.0. The lowest BCUT2D eigenvalue weighted by Gasteiger charge is -2.10. The van der Waals surface area contributed by atoms with E-state index in [1.165, 1.54) is 0 Å². The summed E-state index contributed by atoms with van der Waals surface area (Å²) in [7, 11) is 0. The molecule has 0 aliphatic carbocycles. The maximum absolute atomic E-state index is 6.04. The highest BCUT2D eigenvalue weighted by Crippen LogP contribution is 2.34. The maximum atomic E-state index is 6.04. The summed E-state index contributed by atoms with van der Waals surface area (Å²) in [5.74, 6) is 0. The third kappa shape index (κ3) is 2.18. The number of hydrogen-bond acceptors (Lipinski definition) is 1. The fourth-order valence-electron chi connectivity index (χ4n) is 1.44. The van der Waals surface area contributed by atoms with E-state index in [0.717, 1.165) is 34.7 Å². The lowest BCUT2D eigenvalue weighted by atomic mass is 10.1. The predicted octanol–water partition coefficient (Wildman–Crippen LogP) is 4.29. The first-order valence-corrected chi connectivity index (χ1v) is 6.15. The summed E-state index contributed by atoms with van der Waals surface area (Å²) < 4.78 is 6.38. The fourth-order valence-corrected chi connectivity index (χ4v) is 2.24. The molecule has 1 heterocycles. The van der Waals surface area contributed by atoms with Gasteiger partial charge in [-0.1, -0.05) is 23.2 Å². The van der Waals surface area contributed by atoms with Crippen LogP contribution in [0, 0.1) is 9.67 Å². The highest BCUT2D eigenvalue weighted by atomic mass is 127. The molecule has 4 heteroatoms. The van der Waals surface area contributed by atoms with Crippen molar-refractivity contribution in [1.29, 1.82) is 0 Å². The van der Waals surface area contributed by atoms with Crippen LogP contribution in [-0.2, 0) is 4.74 Å². The molecular formula is C10H8Cl2IO. The average molecular weight is 342 g/mol. The predicted molar refractivity (Wildman–Crippen MR) is 66.7 cm³/mol. The van der Waals surface area contributed by atoms with Gasteiger partial charge in [-0.2, -0.15) is 0 Å². The van der Waals surface area contributed by atoms with Crippen LogP contribution in [0.4, 0.5) is 0 Å². The summed E-state index contributed by atoms with van der Waals surface area (Å²) in [5.41, 5.74) is 1.01. The number of hydrogen-bond donors (Lipinski definition) is 0. The van der Waals surface area contributed by atoms with E-state index in [9.17, 15) is 0 Å². The van der Waals surface area contributed by atoms with Crippen molar-refractivity contribution in [2.75, 3.05) is 6.61 Å². The van der Waals surface area contributed by atoms with Crippen molar-refractivity contribution in [3.63, 3.8) is 0 Å². The van der Waals surface area contributed by atoms with Crippen molar-refractivity contribution in [2.24, 2.45) is 0 Å². The highest BCUT2D eigenvalue weighted by molar-refractivity contribution is 14.1. The van der Waals surface area contributed by atoms with Crippen LogP contribution in [0.1, 0.15) is 18.4 Å². The van der Waals surface area contributed by atoms with Crippen molar-refractivity contribution in [1.82, 2.24) is 0 Å². The molecule has 1 radical (unpaired) electrons. The number of ether oxygens (including phenoxy) is 1. The van der Waals surface area contributed by atoms with E-state index in [1.54, 1.807) is 0 Å². The van der Waals surface area contributed by atoms with Crippen molar-refractivity contribution in [2.45, 2.75) is 12.8 Å². The first-order chi connectivity index (χ1) is 6.68. The molecular weight excluding hydrogens is 334 g/mol. The Kier molecular flexibility index (Phi) is 3.58. The molecule has 1 aromatic rings. The Morgan fingerprint density at radius 1 is 1.21 bits per heavy atom. The largest absolute Gasteiger partial charge is 0.367 e. The number of benzene rings is 1. The molecule has 1 fully saturated rings. The van der Waals surface area contributed by atoms with Crippen LogP contribution in [0.2, 0.25) is 10.0 Å². The summed E-state index contributed by atoms with van der Waals surface area (Å²) in [5, 5.41) is 1.38. The molecule has 0 bridgehead atoms. The van der Waals surface area contributed by atoms with Gasteiger partial charge < -0.3 is 4.74 Å². The second-order valence-corrected chi connectivity index (χ2v) is 5.02. The molecule has 0 aromatic heterocycles.